The molecule has 6 heteroatoms. The molecule has 0 atom stereocenters. The Balaban J connectivity index is 2.37. The second kappa shape index (κ2) is 7.10. The summed E-state index contributed by atoms with van der Waals surface area (Å²) in [5.74, 6) is -0.516. The Bertz CT molecular complexity index is 314. The fourth-order valence-electron chi connectivity index (χ4n) is 1.85. The van der Waals surface area contributed by atoms with Crippen LogP contribution in [-0.2, 0) is 19.1 Å². The number of likely N-dealkylation sites (N-methyl/N-ethyl adjacent to an activating group) is 1. The topological polar surface area (TPSA) is 66.9 Å². The van der Waals surface area contributed by atoms with Gasteiger partial charge in [0.25, 0.3) is 0 Å². The van der Waals surface area contributed by atoms with Gasteiger partial charge >= 0.3 is 5.97 Å². The van der Waals surface area contributed by atoms with Gasteiger partial charge in [-0.05, 0) is 13.5 Å². The minimum Gasteiger partial charge on any atom is -0.465 e. The number of ether oxygens (including phenoxy) is 1. The monoisotopic (exact) mass is 256 g/mol. The average molecular weight is 256 g/mol. The fraction of sp³-hybridized carbons (Fsp3) is 0.750. The molecule has 102 valence electrons. The second-order valence-electron chi connectivity index (χ2n) is 4.11. The molecule has 0 aromatic carbocycles. The number of likely N-dealkylation sites (tertiary alicyclic amines) is 1. The number of hydrogen-bond donors (Lipinski definition) is 0. The highest BCUT2D eigenvalue weighted by Gasteiger charge is 2.28. The van der Waals surface area contributed by atoms with Crippen molar-refractivity contribution >= 4 is 17.8 Å². The number of nitrogens with zero attached hydrogens (tertiary/aromatic N) is 2. The molecule has 0 radical (unpaired) electrons. The van der Waals surface area contributed by atoms with Crippen molar-refractivity contribution in [3.05, 3.63) is 0 Å². The van der Waals surface area contributed by atoms with Crippen molar-refractivity contribution in [3.8, 4) is 0 Å². The first kappa shape index (κ1) is 14.6. The van der Waals surface area contributed by atoms with Crippen molar-refractivity contribution < 1.29 is 19.1 Å². The highest BCUT2D eigenvalue weighted by atomic mass is 16.5. The molecular weight excluding hydrogens is 236 g/mol. The number of hydrogen-bond acceptors (Lipinski definition) is 5. The average Bonchev–Trinajstić information content (AvgIpc) is 2.65. The molecule has 0 bridgehead atoms. The highest BCUT2D eigenvalue weighted by Crippen LogP contribution is 2.11. The first-order valence-electron chi connectivity index (χ1n) is 6.29. The Hall–Kier alpha value is -1.43. The van der Waals surface area contributed by atoms with Crippen LogP contribution in [0.15, 0.2) is 0 Å². The van der Waals surface area contributed by atoms with Gasteiger partial charge in [0.05, 0.1) is 13.2 Å². The summed E-state index contributed by atoms with van der Waals surface area (Å²) in [5, 5.41) is 0. The van der Waals surface area contributed by atoms with E-state index in [1.807, 2.05) is 11.8 Å². The summed E-state index contributed by atoms with van der Waals surface area (Å²) in [6, 6.07) is 0. The summed E-state index contributed by atoms with van der Waals surface area (Å²) >= 11 is 0. The molecule has 0 aromatic heterocycles. The van der Waals surface area contributed by atoms with Gasteiger partial charge < -0.3 is 4.74 Å². The molecule has 1 fully saturated rings. The van der Waals surface area contributed by atoms with Crippen LogP contribution in [0.2, 0.25) is 0 Å². The van der Waals surface area contributed by atoms with E-state index in [1.165, 1.54) is 4.90 Å². The molecule has 1 rings (SSSR count). The Morgan fingerprint density at radius 1 is 1.28 bits per heavy atom. The molecule has 6 nitrogen and oxygen atoms in total. The van der Waals surface area contributed by atoms with Crippen molar-refractivity contribution in [2.45, 2.75) is 26.7 Å². The van der Waals surface area contributed by atoms with Crippen LogP contribution in [0.1, 0.15) is 26.7 Å². The number of carbonyl (C=O) groups is 3. The van der Waals surface area contributed by atoms with E-state index in [1.54, 1.807) is 6.92 Å². The highest BCUT2D eigenvalue weighted by molar-refractivity contribution is 6.01. The maximum Gasteiger partial charge on any atom is 0.320 e. The number of imide groups is 1. The van der Waals surface area contributed by atoms with Crippen LogP contribution >= 0.6 is 0 Å². The number of rotatable bonds is 7. The lowest BCUT2D eigenvalue weighted by Crippen LogP contribution is -2.40. The number of amides is 2. The summed E-state index contributed by atoms with van der Waals surface area (Å²) in [7, 11) is 0. The van der Waals surface area contributed by atoms with Crippen LogP contribution in [0.5, 0.6) is 0 Å². The molecule has 1 aliphatic heterocycles. The van der Waals surface area contributed by atoms with Crippen LogP contribution in [0.4, 0.5) is 0 Å². The van der Waals surface area contributed by atoms with Gasteiger partial charge in [-0.1, -0.05) is 6.92 Å². The SMILES string of the molecule is CCOC(=O)CN(CC)CCN1C(=O)CCC1=O. The van der Waals surface area contributed by atoms with E-state index in [9.17, 15) is 14.4 Å². The Kier molecular flexibility index (Phi) is 5.77. The van der Waals surface area contributed by atoms with E-state index >= 15 is 0 Å². The fourth-order valence-corrected chi connectivity index (χ4v) is 1.85. The maximum atomic E-state index is 11.4. The zero-order valence-electron chi connectivity index (χ0n) is 11.0. The van der Waals surface area contributed by atoms with E-state index in [0.29, 0.717) is 39.1 Å². The molecule has 1 saturated heterocycles. The third-order valence-electron chi connectivity index (χ3n) is 2.90. The largest absolute Gasteiger partial charge is 0.465 e. The third-order valence-corrected chi connectivity index (χ3v) is 2.90. The summed E-state index contributed by atoms with van der Waals surface area (Å²) in [5.41, 5.74) is 0. The summed E-state index contributed by atoms with van der Waals surface area (Å²) in [6.45, 7) is 5.77. The lowest BCUT2D eigenvalue weighted by Gasteiger charge is -2.22. The molecule has 0 saturated carbocycles. The first-order valence-corrected chi connectivity index (χ1v) is 6.29. The molecular formula is C12H20N2O4. The van der Waals surface area contributed by atoms with Crippen LogP contribution in [0.25, 0.3) is 0 Å². The van der Waals surface area contributed by atoms with Gasteiger partial charge in [0, 0.05) is 25.9 Å². The zero-order valence-corrected chi connectivity index (χ0v) is 11.0. The lowest BCUT2D eigenvalue weighted by molar-refractivity contribution is -0.144. The van der Waals surface area contributed by atoms with E-state index in [4.69, 9.17) is 4.74 Å². The number of carbonyl (C=O) groups excluding carboxylic acids is 3. The zero-order chi connectivity index (χ0) is 13.5. The molecule has 1 heterocycles. The van der Waals surface area contributed by atoms with Gasteiger partial charge in [-0.25, -0.2) is 0 Å². The van der Waals surface area contributed by atoms with Gasteiger partial charge in [0.1, 0.15) is 0 Å². The second-order valence-corrected chi connectivity index (χ2v) is 4.11. The normalized spacial score (nSPS) is 15.6. The smallest absolute Gasteiger partial charge is 0.320 e. The van der Waals surface area contributed by atoms with E-state index in [0.717, 1.165) is 0 Å². The van der Waals surface area contributed by atoms with Crippen molar-refractivity contribution in [2.75, 3.05) is 32.8 Å². The Labute approximate surface area is 107 Å². The van der Waals surface area contributed by atoms with Crippen molar-refractivity contribution in [1.82, 2.24) is 9.80 Å². The minimum absolute atomic E-state index is 0.118. The van der Waals surface area contributed by atoms with Crippen molar-refractivity contribution in [1.29, 1.82) is 0 Å². The van der Waals surface area contributed by atoms with Gasteiger partial charge in [0.15, 0.2) is 0 Å². The van der Waals surface area contributed by atoms with E-state index in [-0.39, 0.29) is 24.3 Å². The third kappa shape index (κ3) is 4.10. The van der Waals surface area contributed by atoms with E-state index < -0.39 is 0 Å². The van der Waals surface area contributed by atoms with Crippen molar-refractivity contribution in [2.24, 2.45) is 0 Å². The van der Waals surface area contributed by atoms with Crippen LogP contribution in [-0.4, -0.2) is 60.4 Å². The predicted molar refractivity (Wildman–Crippen MR) is 64.7 cm³/mol. The van der Waals surface area contributed by atoms with Crippen LogP contribution in [0, 0.1) is 0 Å². The van der Waals surface area contributed by atoms with Gasteiger partial charge in [-0.2, -0.15) is 0 Å². The molecule has 2 amide bonds. The Morgan fingerprint density at radius 3 is 2.39 bits per heavy atom. The first-order chi connectivity index (χ1) is 8.58. The summed E-state index contributed by atoms with van der Waals surface area (Å²) < 4.78 is 4.86. The van der Waals surface area contributed by atoms with Gasteiger partial charge in [-0.15, -0.1) is 0 Å². The molecule has 0 aliphatic carbocycles. The molecule has 1 aliphatic rings. The molecule has 0 unspecified atom stereocenters. The lowest BCUT2D eigenvalue weighted by atomic mass is 10.4. The number of esters is 1. The standard InChI is InChI=1S/C12H20N2O4/c1-3-13(9-12(17)18-4-2)7-8-14-10(15)5-6-11(14)16/h3-9H2,1-2H3. The van der Waals surface area contributed by atoms with Crippen LogP contribution < -0.4 is 0 Å². The van der Waals surface area contributed by atoms with Crippen LogP contribution in [0.3, 0.4) is 0 Å². The molecule has 0 N–H and O–H groups in total. The van der Waals surface area contributed by atoms with Gasteiger partial charge in [-0.3, -0.25) is 24.2 Å². The predicted octanol–water partition coefficient (Wildman–Crippen LogP) is 0.0204. The minimum atomic E-state index is -0.279. The van der Waals surface area contributed by atoms with Gasteiger partial charge in [0.2, 0.25) is 11.8 Å². The quantitative estimate of drug-likeness (QED) is 0.474. The van der Waals surface area contributed by atoms with Crippen molar-refractivity contribution in [3.63, 3.8) is 0 Å². The summed E-state index contributed by atoms with van der Waals surface area (Å²) in [4.78, 5) is 37.3. The molecule has 0 aromatic rings. The maximum absolute atomic E-state index is 11.4. The summed E-state index contributed by atoms with van der Waals surface area (Å²) in [6.07, 6.45) is 0.617. The van der Waals surface area contributed by atoms with E-state index in [2.05, 4.69) is 0 Å². The molecule has 0 spiro atoms. The Morgan fingerprint density at radius 2 is 1.89 bits per heavy atom. The molecule has 18 heavy (non-hydrogen) atoms.